The number of hydrogen-bond acceptors (Lipinski definition) is 4. The summed E-state index contributed by atoms with van der Waals surface area (Å²) in [7, 11) is 3.04. The molecule has 0 radical (unpaired) electrons. The van der Waals surface area contributed by atoms with Gasteiger partial charge in [0, 0.05) is 11.6 Å². The van der Waals surface area contributed by atoms with Gasteiger partial charge in [0.15, 0.2) is 0 Å². The van der Waals surface area contributed by atoms with Crippen LogP contribution in [-0.2, 0) is 0 Å². The highest BCUT2D eigenvalue weighted by Crippen LogP contribution is 2.34. The van der Waals surface area contributed by atoms with Crippen LogP contribution in [0, 0.1) is 0 Å². The molecule has 0 spiro atoms. The molecule has 0 heterocycles. The molecule has 5 heteroatoms. The van der Waals surface area contributed by atoms with Gasteiger partial charge in [-0.05, 0) is 6.07 Å². The van der Waals surface area contributed by atoms with Crippen molar-refractivity contribution in [3.05, 3.63) is 22.7 Å². The van der Waals surface area contributed by atoms with Crippen molar-refractivity contribution >= 4 is 11.6 Å². The number of hydrogen-bond donors (Lipinski definition) is 2. The van der Waals surface area contributed by atoms with Crippen molar-refractivity contribution in [1.29, 1.82) is 0 Å². The maximum Gasteiger partial charge on any atom is 0.138 e. The van der Waals surface area contributed by atoms with E-state index in [1.807, 2.05) is 0 Å². The molecule has 1 unspecified atom stereocenters. The first-order chi connectivity index (χ1) is 7.13. The third kappa shape index (κ3) is 2.53. The molecule has 0 saturated carbocycles. The molecule has 1 aromatic carbocycles. The van der Waals surface area contributed by atoms with Crippen molar-refractivity contribution in [3.8, 4) is 11.5 Å². The van der Waals surface area contributed by atoms with Crippen molar-refractivity contribution < 1.29 is 14.6 Å². The van der Waals surface area contributed by atoms with Crippen molar-refractivity contribution in [2.75, 3.05) is 20.8 Å². The predicted molar refractivity (Wildman–Crippen MR) is 58.6 cm³/mol. The highest BCUT2D eigenvalue weighted by molar-refractivity contribution is 6.32. The Hall–Kier alpha value is -0.970. The average Bonchev–Trinajstić information content (AvgIpc) is 2.27. The summed E-state index contributed by atoms with van der Waals surface area (Å²) in [5.41, 5.74) is 6.38. The van der Waals surface area contributed by atoms with Crippen LogP contribution in [0.4, 0.5) is 0 Å². The van der Waals surface area contributed by atoms with Gasteiger partial charge in [0.25, 0.3) is 0 Å². The molecule has 0 fully saturated rings. The number of nitrogens with two attached hydrogens (primary N) is 1. The number of benzene rings is 1. The van der Waals surface area contributed by atoms with E-state index >= 15 is 0 Å². The monoisotopic (exact) mass is 231 g/mol. The molecular formula is C10H14ClNO3. The number of ether oxygens (including phenoxy) is 2. The number of aliphatic hydroxyl groups is 1. The van der Waals surface area contributed by atoms with Gasteiger partial charge in [0.05, 0.1) is 31.9 Å². The normalized spacial score (nSPS) is 12.3. The maximum atomic E-state index is 8.99. The molecule has 0 bridgehead atoms. The first kappa shape index (κ1) is 12.1. The summed E-state index contributed by atoms with van der Waals surface area (Å²) < 4.78 is 10.2. The third-order valence-corrected chi connectivity index (χ3v) is 2.40. The Labute approximate surface area is 93.6 Å². The molecule has 1 rings (SSSR count). The van der Waals surface area contributed by atoms with Crippen molar-refractivity contribution in [2.45, 2.75) is 6.04 Å². The molecule has 0 saturated heterocycles. The minimum absolute atomic E-state index is 0.166. The second-order valence-corrected chi connectivity index (χ2v) is 3.42. The van der Waals surface area contributed by atoms with Crippen LogP contribution in [-0.4, -0.2) is 25.9 Å². The fraction of sp³-hybridized carbons (Fsp3) is 0.400. The Morgan fingerprint density at radius 3 is 2.40 bits per heavy atom. The molecule has 84 valence electrons. The van der Waals surface area contributed by atoms with Crippen molar-refractivity contribution in [2.24, 2.45) is 5.73 Å². The van der Waals surface area contributed by atoms with Gasteiger partial charge in [-0.2, -0.15) is 0 Å². The van der Waals surface area contributed by atoms with E-state index < -0.39 is 6.04 Å². The van der Waals surface area contributed by atoms with E-state index in [9.17, 15) is 0 Å². The largest absolute Gasteiger partial charge is 0.496 e. The van der Waals surface area contributed by atoms with E-state index in [2.05, 4.69) is 0 Å². The molecular weight excluding hydrogens is 218 g/mol. The lowest BCUT2D eigenvalue weighted by Gasteiger charge is -2.15. The zero-order chi connectivity index (χ0) is 11.4. The molecule has 1 atom stereocenters. The van der Waals surface area contributed by atoms with Gasteiger partial charge in [-0.25, -0.2) is 0 Å². The van der Waals surface area contributed by atoms with Crippen molar-refractivity contribution in [3.63, 3.8) is 0 Å². The van der Waals surface area contributed by atoms with Crippen LogP contribution in [0.5, 0.6) is 11.5 Å². The second kappa shape index (κ2) is 5.21. The molecule has 0 aromatic heterocycles. The topological polar surface area (TPSA) is 64.7 Å². The molecule has 3 N–H and O–H groups in total. The minimum Gasteiger partial charge on any atom is -0.496 e. The van der Waals surface area contributed by atoms with Crippen LogP contribution in [0.25, 0.3) is 0 Å². The Morgan fingerprint density at radius 2 is 1.93 bits per heavy atom. The van der Waals surface area contributed by atoms with Gasteiger partial charge < -0.3 is 20.3 Å². The number of rotatable bonds is 4. The van der Waals surface area contributed by atoms with E-state index in [0.717, 1.165) is 0 Å². The quantitative estimate of drug-likeness (QED) is 0.821. The summed E-state index contributed by atoms with van der Waals surface area (Å²) in [6.45, 7) is -0.166. The van der Waals surface area contributed by atoms with Gasteiger partial charge in [-0.15, -0.1) is 0 Å². The van der Waals surface area contributed by atoms with Crippen LogP contribution in [0.3, 0.4) is 0 Å². The lowest BCUT2D eigenvalue weighted by molar-refractivity contribution is 0.264. The molecule has 0 aliphatic heterocycles. The Balaban J connectivity index is 3.22. The summed E-state index contributed by atoms with van der Waals surface area (Å²) >= 11 is 5.92. The molecule has 4 nitrogen and oxygen atoms in total. The molecule has 1 aromatic rings. The highest BCUT2D eigenvalue weighted by Gasteiger charge is 2.14. The standard InChI is InChI=1S/C10H14ClNO3/c1-14-9-4-7(11)10(15-2)3-6(9)8(12)5-13/h3-4,8,13H,5,12H2,1-2H3. The molecule has 15 heavy (non-hydrogen) atoms. The van der Waals surface area contributed by atoms with E-state index in [4.69, 9.17) is 31.9 Å². The van der Waals surface area contributed by atoms with E-state index in [1.165, 1.54) is 14.2 Å². The van der Waals surface area contributed by atoms with Crippen LogP contribution in [0.2, 0.25) is 5.02 Å². The first-order valence-electron chi connectivity index (χ1n) is 4.41. The van der Waals surface area contributed by atoms with Gasteiger partial charge in [-0.1, -0.05) is 11.6 Å². The Kier molecular flexibility index (Phi) is 4.20. The summed E-state index contributed by atoms with van der Waals surface area (Å²) in [6.07, 6.45) is 0. The lowest BCUT2D eigenvalue weighted by atomic mass is 10.1. The second-order valence-electron chi connectivity index (χ2n) is 3.02. The van der Waals surface area contributed by atoms with Crippen LogP contribution in [0.15, 0.2) is 12.1 Å². The zero-order valence-corrected chi connectivity index (χ0v) is 9.41. The van der Waals surface area contributed by atoms with E-state index in [-0.39, 0.29) is 6.61 Å². The van der Waals surface area contributed by atoms with Crippen LogP contribution >= 0.6 is 11.6 Å². The smallest absolute Gasteiger partial charge is 0.138 e. The predicted octanol–water partition coefficient (Wildman–Crippen LogP) is 1.35. The first-order valence-corrected chi connectivity index (χ1v) is 4.79. The van der Waals surface area contributed by atoms with E-state index in [0.29, 0.717) is 22.1 Å². The summed E-state index contributed by atoms with van der Waals surface area (Å²) in [4.78, 5) is 0. The highest BCUT2D eigenvalue weighted by atomic mass is 35.5. The summed E-state index contributed by atoms with van der Waals surface area (Å²) in [5.74, 6) is 1.05. The van der Waals surface area contributed by atoms with Gasteiger partial charge in [0.1, 0.15) is 11.5 Å². The van der Waals surface area contributed by atoms with Crippen LogP contribution in [0.1, 0.15) is 11.6 Å². The average molecular weight is 232 g/mol. The summed E-state index contributed by atoms with van der Waals surface area (Å²) in [5, 5.41) is 9.43. The lowest BCUT2D eigenvalue weighted by Crippen LogP contribution is -2.15. The molecule has 0 aliphatic rings. The number of aliphatic hydroxyl groups excluding tert-OH is 1. The SMILES string of the molecule is COc1cc(C(N)CO)c(OC)cc1Cl. The van der Waals surface area contributed by atoms with Gasteiger partial charge >= 0.3 is 0 Å². The number of methoxy groups -OCH3 is 2. The Bertz CT molecular complexity index is 344. The minimum atomic E-state index is -0.508. The fourth-order valence-corrected chi connectivity index (χ4v) is 1.50. The van der Waals surface area contributed by atoms with Gasteiger partial charge in [-0.3, -0.25) is 0 Å². The third-order valence-electron chi connectivity index (χ3n) is 2.10. The fourth-order valence-electron chi connectivity index (χ4n) is 1.27. The molecule has 0 aliphatic carbocycles. The Morgan fingerprint density at radius 1 is 1.33 bits per heavy atom. The van der Waals surface area contributed by atoms with E-state index in [1.54, 1.807) is 12.1 Å². The zero-order valence-electron chi connectivity index (χ0n) is 8.66. The molecule has 0 amide bonds. The number of halogens is 1. The summed E-state index contributed by atoms with van der Waals surface area (Å²) in [6, 6.07) is 2.78. The van der Waals surface area contributed by atoms with Crippen LogP contribution < -0.4 is 15.2 Å². The van der Waals surface area contributed by atoms with Crippen molar-refractivity contribution in [1.82, 2.24) is 0 Å². The maximum absolute atomic E-state index is 8.99. The van der Waals surface area contributed by atoms with Gasteiger partial charge in [0.2, 0.25) is 0 Å².